The summed E-state index contributed by atoms with van der Waals surface area (Å²) < 4.78 is 5.58. The van der Waals surface area contributed by atoms with Gasteiger partial charge in [0.2, 0.25) is 0 Å². The van der Waals surface area contributed by atoms with Gasteiger partial charge in [-0.25, -0.2) is 4.98 Å². The number of pyridine rings is 1. The number of rotatable bonds is 4. The van der Waals surface area contributed by atoms with Gasteiger partial charge in [0.1, 0.15) is 0 Å². The van der Waals surface area contributed by atoms with Gasteiger partial charge in [0.15, 0.2) is 0 Å². The predicted molar refractivity (Wildman–Crippen MR) is 116 cm³/mol. The van der Waals surface area contributed by atoms with Gasteiger partial charge in [-0.05, 0) is 43.9 Å². The van der Waals surface area contributed by atoms with Crippen LogP contribution in [0.15, 0.2) is 34.9 Å². The second kappa shape index (κ2) is 7.96. The van der Waals surface area contributed by atoms with Crippen molar-refractivity contribution in [3.63, 3.8) is 0 Å². The van der Waals surface area contributed by atoms with Crippen LogP contribution in [0.4, 0.5) is 0 Å². The van der Waals surface area contributed by atoms with Crippen molar-refractivity contribution in [1.29, 1.82) is 0 Å². The van der Waals surface area contributed by atoms with Gasteiger partial charge in [0, 0.05) is 37.7 Å². The fourth-order valence-electron chi connectivity index (χ4n) is 4.33. The normalized spacial score (nSPS) is 17.2. The lowest BCUT2D eigenvalue weighted by molar-refractivity contribution is 0.0712. The quantitative estimate of drug-likeness (QED) is 0.661. The Labute approximate surface area is 184 Å². The summed E-state index contributed by atoms with van der Waals surface area (Å²) in [5, 5.41) is 8.20. The molecule has 1 aromatic carbocycles. The van der Waals surface area contributed by atoms with Crippen LogP contribution in [-0.4, -0.2) is 47.0 Å². The van der Waals surface area contributed by atoms with Crippen LogP contribution < -0.4 is 5.32 Å². The molecular weight excluding hydrogens is 416 g/mol. The molecule has 0 unspecified atom stereocenters. The lowest BCUT2D eigenvalue weighted by Crippen LogP contribution is -2.38. The number of fused-ring (bicyclic) bond motifs is 1. The van der Waals surface area contributed by atoms with Crippen LogP contribution in [0.25, 0.3) is 11.1 Å². The molecule has 2 aromatic heterocycles. The lowest BCUT2D eigenvalue weighted by atomic mass is 9.90. The first kappa shape index (κ1) is 20.0. The van der Waals surface area contributed by atoms with Crippen molar-refractivity contribution in [1.82, 2.24) is 20.4 Å². The molecule has 2 fully saturated rings. The Morgan fingerprint density at radius 1 is 1.10 bits per heavy atom. The number of aromatic nitrogens is 2. The highest BCUT2D eigenvalue weighted by Crippen LogP contribution is 2.41. The minimum Gasteiger partial charge on any atom is -0.355 e. The van der Waals surface area contributed by atoms with E-state index in [2.05, 4.69) is 15.5 Å². The summed E-state index contributed by atoms with van der Waals surface area (Å²) >= 11 is 6.20. The van der Waals surface area contributed by atoms with Gasteiger partial charge in [-0.3, -0.25) is 9.59 Å². The zero-order valence-electron chi connectivity index (χ0n) is 17.2. The second-order valence-electron chi connectivity index (χ2n) is 8.24. The molecule has 1 aliphatic carbocycles. The molecule has 1 saturated carbocycles. The number of carbonyl (C=O) groups excluding carboxylic acids is 2. The lowest BCUT2D eigenvalue weighted by Gasteiger charge is -2.31. The summed E-state index contributed by atoms with van der Waals surface area (Å²) in [6, 6.07) is 8.99. The number of likely N-dealkylation sites (tertiary alicyclic amines) is 1. The molecular formula is C23H23ClN4O3. The molecule has 3 heterocycles. The standard InChI is InChI=1S/C23H23ClN4O3/c1-25-21(29)16-12-18(13-6-7-13)26-22-19(16)20(27-31-22)14-8-10-28(11-9-14)23(30)15-4-2-3-5-17(15)24/h2-5,12-14H,6-11H2,1H3,(H,25,29). The van der Waals surface area contributed by atoms with Crippen LogP contribution in [0.2, 0.25) is 5.02 Å². The van der Waals surface area contributed by atoms with Gasteiger partial charge < -0.3 is 14.7 Å². The molecule has 1 N–H and O–H groups in total. The average Bonchev–Trinajstić information content (AvgIpc) is 3.57. The van der Waals surface area contributed by atoms with Crippen molar-refractivity contribution >= 4 is 34.5 Å². The van der Waals surface area contributed by atoms with E-state index in [1.165, 1.54) is 0 Å². The van der Waals surface area contributed by atoms with Crippen LogP contribution in [0.3, 0.4) is 0 Å². The van der Waals surface area contributed by atoms with E-state index in [0.29, 0.717) is 46.3 Å². The molecule has 0 radical (unpaired) electrons. The van der Waals surface area contributed by atoms with E-state index in [1.54, 1.807) is 19.2 Å². The molecule has 31 heavy (non-hydrogen) atoms. The molecule has 2 aliphatic rings. The summed E-state index contributed by atoms with van der Waals surface area (Å²) in [6.45, 7) is 1.18. The van der Waals surface area contributed by atoms with Gasteiger partial charge in [0.25, 0.3) is 17.5 Å². The van der Waals surface area contributed by atoms with Crippen molar-refractivity contribution in [2.45, 2.75) is 37.5 Å². The number of nitrogens with one attached hydrogen (secondary N) is 1. The minimum atomic E-state index is -0.162. The molecule has 3 aromatic rings. The maximum absolute atomic E-state index is 12.9. The Bertz CT molecular complexity index is 1160. The van der Waals surface area contributed by atoms with Crippen molar-refractivity contribution in [3.8, 4) is 0 Å². The van der Waals surface area contributed by atoms with Gasteiger partial charge in [-0.1, -0.05) is 28.9 Å². The average molecular weight is 439 g/mol. The molecule has 5 rings (SSSR count). The van der Waals surface area contributed by atoms with Crippen molar-refractivity contribution in [2.24, 2.45) is 0 Å². The fraction of sp³-hybridized carbons (Fsp3) is 0.391. The summed E-state index contributed by atoms with van der Waals surface area (Å²) in [4.78, 5) is 31.9. The molecule has 0 spiro atoms. The minimum absolute atomic E-state index is 0.0594. The fourth-order valence-corrected chi connectivity index (χ4v) is 4.55. The number of nitrogens with zero attached hydrogens (tertiary/aromatic N) is 3. The summed E-state index contributed by atoms with van der Waals surface area (Å²) in [5.74, 6) is 0.273. The smallest absolute Gasteiger partial charge is 0.259 e. The summed E-state index contributed by atoms with van der Waals surface area (Å²) in [6.07, 6.45) is 3.64. The summed E-state index contributed by atoms with van der Waals surface area (Å²) in [5.41, 5.74) is 3.17. The monoisotopic (exact) mass is 438 g/mol. The molecule has 7 nitrogen and oxygen atoms in total. The Kier molecular flexibility index (Phi) is 5.14. The first-order valence-electron chi connectivity index (χ1n) is 10.6. The third-order valence-corrected chi connectivity index (χ3v) is 6.56. The molecule has 2 amide bonds. The van der Waals surface area contributed by atoms with Gasteiger partial charge >= 0.3 is 0 Å². The first-order valence-corrected chi connectivity index (χ1v) is 11.0. The molecule has 1 saturated heterocycles. The van der Waals surface area contributed by atoms with Crippen LogP contribution in [0, 0.1) is 0 Å². The third-order valence-electron chi connectivity index (χ3n) is 6.23. The summed E-state index contributed by atoms with van der Waals surface area (Å²) in [7, 11) is 1.62. The van der Waals surface area contributed by atoms with Crippen LogP contribution in [-0.2, 0) is 0 Å². The molecule has 8 heteroatoms. The molecule has 160 valence electrons. The Morgan fingerprint density at radius 2 is 1.84 bits per heavy atom. The Morgan fingerprint density at radius 3 is 2.52 bits per heavy atom. The highest BCUT2D eigenvalue weighted by Gasteiger charge is 2.32. The van der Waals surface area contributed by atoms with E-state index >= 15 is 0 Å². The zero-order valence-corrected chi connectivity index (χ0v) is 18.0. The van der Waals surface area contributed by atoms with E-state index in [-0.39, 0.29) is 17.7 Å². The maximum atomic E-state index is 12.9. The number of halogens is 1. The Balaban J connectivity index is 1.40. The van der Waals surface area contributed by atoms with Crippen molar-refractivity contribution < 1.29 is 14.1 Å². The molecule has 1 aliphatic heterocycles. The van der Waals surface area contributed by atoms with E-state index in [0.717, 1.165) is 37.1 Å². The second-order valence-corrected chi connectivity index (χ2v) is 8.65. The van der Waals surface area contributed by atoms with Crippen LogP contribution in [0.1, 0.15) is 69.6 Å². The third kappa shape index (κ3) is 3.67. The number of hydrogen-bond acceptors (Lipinski definition) is 5. The molecule has 0 bridgehead atoms. The zero-order chi connectivity index (χ0) is 21.5. The highest BCUT2D eigenvalue weighted by atomic mass is 35.5. The largest absolute Gasteiger partial charge is 0.355 e. The van der Waals surface area contributed by atoms with Crippen molar-refractivity contribution in [3.05, 3.63) is 57.9 Å². The first-order chi connectivity index (χ1) is 15.1. The van der Waals surface area contributed by atoms with E-state index in [1.807, 2.05) is 23.1 Å². The predicted octanol–water partition coefficient (Wildman–Crippen LogP) is 4.13. The number of piperidine rings is 1. The number of carbonyl (C=O) groups is 2. The van der Waals surface area contributed by atoms with Gasteiger partial charge in [-0.2, -0.15) is 0 Å². The SMILES string of the molecule is CNC(=O)c1cc(C2CC2)nc2onc(C3CCN(C(=O)c4ccccc4Cl)CC3)c12. The number of amides is 2. The van der Waals surface area contributed by atoms with E-state index < -0.39 is 0 Å². The maximum Gasteiger partial charge on any atom is 0.259 e. The van der Waals surface area contributed by atoms with Gasteiger partial charge in [0.05, 0.1) is 27.2 Å². The highest BCUT2D eigenvalue weighted by molar-refractivity contribution is 6.33. The number of hydrogen-bond donors (Lipinski definition) is 1. The van der Waals surface area contributed by atoms with Crippen molar-refractivity contribution in [2.75, 3.05) is 20.1 Å². The topological polar surface area (TPSA) is 88.3 Å². The van der Waals surface area contributed by atoms with E-state index in [4.69, 9.17) is 16.1 Å². The van der Waals surface area contributed by atoms with Crippen LogP contribution in [0.5, 0.6) is 0 Å². The Hall–Kier alpha value is -2.93. The number of benzene rings is 1. The van der Waals surface area contributed by atoms with Crippen LogP contribution >= 0.6 is 11.6 Å². The van der Waals surface area contributed by atoms with E-state index in [9.17, 15) is 9.59 Å². The molecule has 0 atom stereocenters. The van der Waals surface area contributed by atoms with Gasteiger partial charge in [-0.15, -0.1) is 0 Å².